The van der Waals surface area contributed by atoms with E-state index in [1.165, 1.54) is 4.88 Å². The van der Waals surface area contributed by atoms with E-state index in [9.17, 15) is 0 Å². The molecule has 0 bridgehead atoms. The zero-order valence-corrected chi connectivity index (χ0v) is 13.2. The molecule has 1 aromatic carbocycles. The molecule has 0 atom stereocenters. The molecule has 0 saturated heterocycles. The number of aromatic nitrogens is 2. The molecular formula is C16H9ClN2S2. The summed E-state index contributed by atoms with van der Waals surface area (Å²) in [6.45, 7) is 0. The first kappa shape index (κ1) is 13.0. The number of fused-ring (bicyclic) bond motifs is 1. The van der Waals surface area contributed by atoms with Crippen LogP contribution >= 0.6 is 34.3 Å². The molecule has 5 heteroatoms. The van der Waals surface area contributed by atoms with Gasteiger partial charge in [-0.15, -0.1) is 22.7 Å². The SMILES string of the molecule is Clc1nc(-c2cccs2)nc2ccc(-c3cccs3)cc12. The molecule has 0 unspecified atom stereocenters. The highest BCUT2D eigenvalue weighted by atomic mass is 35.5. The first-order chi connectivity index (χ1) is 10.3. The lowest BCUT2D eigenvalue weighted by Crippen LogP contribution is -1.90. The first-order valence-corrected chi connectivity index (χ1v) is 8.50. The van der Waals surface area contributed by atoms with E-state index in [0.29, 0.717) is 11.0 Å². The molecule has 0 aliphatic heterocycles. The van der Waals surface area contributed by atoms with Gasteiger partial charge in [-0.05, 0) is 40.6 Å². The molecule has 0 aliphatic carbocycles. The Morgan fingerprint density at radius 2 is 1.62 bits per heavy atom. The highest BCUT2D eigenvalue weighted by molar-refractivity contribution is 7.13. The fraction of sp³-hybridized carbons (Fsp3) is 0. The molecular weight excluding hydrogens is 320 g/mol. The van der Waals surface area contributed by atoms with Gasteiger partial charge in [0.25, 0.3) is 0 Å². The Morgan fingerprint density at radius 3 is 2.33 bits per heavy atom. The van der Waals surface area contributed by atoms with E-state index in [2.05, 4.69) is 33.5 Å². The van der Waals surface area contributed by atoms with Crippen LogP contribution in [0.5, 0.6) is 0 Å². The quantitative estimate of drug-likeness (QED) is 0.438. The van der Waals surface area contributed by atoms with Crippen molar-refractivity contribution < 1.29 is 0 Å². The molecule has 0 aliphatic rings. The molecule has 4 aromatic rings. The minimum absolute atomic E-state index is 0.502. The number of hydrogen-bond acceptors (Lipinski definition) is 4. The predicted molar refractivity (Wildman–Crippen MR) is 91.2 cm³/mol. The maximum Gasteiger partial charge on any atom is 0.171 e. The molecule has 21 heavy (non-hydrogen) atoms. The third-order valence-corrected chi connectivity index (χ3v) is 5.27. The smallest absolute Gasteiger partial charge is 0.171 e. The highest BCUT2D eigenvalue weighted by Crippen LogP contribution is 2.32. The first-order valence-electron chi connectivity index (χ1n) is 6.36. The molecule has 3 aromatic heterocycles. The van der Waals surface area contributed by atoms with E-state index in [0.717, 1.165) is 21.3 Å². The van der Waals surface area contributed by atoms with Crippen LogP contribution in [0, 0.1) is 0 Å². The maximum absolute atomic E-state index is 6.37. The van der Waals surface area contributed by atoms with E-state index < -0.39 is 0 Å². The number of halogens is 1. The van der Waals surface area contributed by atoms with E-state index in [1.807, 2.05) is 29.6 Å². The third-order valence-electron chi connectivity index (χ3n) is 3.20. The van der Waals surface area contributed by atoms with E-state index in [4.69, 9.17) is 11.6 Å². The normalized spacial score (nSPS) is 11.1. The summed E-state index contributed by atoms with van der Waals surface area (Å²) in [5.41, 5.74) is 2.02. The highest BCUT2D eigenvalue weighted by Gasteiger charge is 2.10. The molecule has 0 radical (unpaired) electrons. The Balaban J connectivity index is 1.90. The number of benzene rings is 1. The van der Waals surface area contributed by atoms with Gasteiger partial charge in [0.15, 0.2) is 5.82 Å². The van der Waals surface area contributed by atoms with Crippen molar-refractivity contribution in [2.75, 3.05) is 0 Å². The molecule has 2 nitrogen and oxygen atoms in total. The predicted octanol–water partition coefficient (Wildman–Crippen LogP) is 5.74. The van der Waals surface area contributed by atoms with Crippen LogP contribution in [0.1, 0.15) is 0 Å². The summed E-state index contributed by atoms with van der Waals surface area (Å²) in [6.07, 6.45) is 0. The Bertz CT molecular complexity index is 900. The van der Waals surface area contributed by atoms with Crippen molar-refractivity contribution in [3.63, 3.8) is 0 Å². The van der Waals surface area contributed by atoms with Gasteiger partial charge in [0, 0.05) is 10.3 Å². The molecule has 0 N–H and O–H groups in total. The van der Waals surface area contributed by atoms with Crippen LogP contribution in [-0.2, 0) is 0 Å². The van der Waals surface area contributed by atoms with Gasteiger partial charge in [-0.1, -0.05) is 29.8 Å². The van der Waals surface area contributed by atoms with Gasteiger partial charge in [0.2, 0.25) is 0 Å². The molecule has 0 amide bonds. The zero-order valence-electron chi connectivity index (χ0n) is 10.8. The van der Waals surface area contributed by atoms with Crippen molar-refractivity contribution in [1.29, 1.82) is 0 Å². The Labute approximate surface area is 134 Å². The van der Waals surface area contributed by atoms with E-state index in [-0.39, 0.29) is 0 Å². The average Bonchev–Trinajstić information content (AvgIpc) is 3.20. The van der Waals surface area contributed by atoms with Crippen LogP contribution in [0.25, 0.3) is 32.0 Å². The van der Waals surface area contributed by atoms with Crippen molar-refractivity contribution in [3.05, 3.63) is 58.4 Å². The summed E-state index contributed by atoms with van der Waals surface area (Å²) >= 11 is 9.69. The number of nitrogens with zero attached hydrogens (tertiary/aromatic N) is 2. The van der Waals surface area contributed by atoms with Gasteiger partial charge in [-0.2, -0.15) is 0 Å². The molecule has 0 spiro atoms. The Morgan fingerprint density at radius 1 is 0.857 bits per heavy atom. The number of hydrogen-bond donors (Lipinski definition) is 0. The van der Waals surface area contributed by atoms with Gasteiger partial charge >= 0.3 is 0 Å². The summed E-state index contributed by atoms with van der Waals surface area (Å²) in [7, 11) is 0. The lowest BCUT2D eigenvalue weighted by atomic mass is 10.1. The zero-order chi connectivity index (χ0) is 14.2. The van der Waals surface area contributed by atoms with Crippen LogP contribution in [-0.4, -0.2) is 9.97 Å². The molecule has 3 heterocycles. The molecule has 0 fully saturated rings. The minimum atomic E-state index is 0.502. The summed E-state index contributed by atoms with van der Waals surface area (Å²) in [5.74, 6) is 0.686. The topological polar surface area (TPSA) is 25.8 Å². The van der Waals surface area contributed by atoms with E-state index >= 15 is 0 Å². The van der Waals surface area contributed by atoms with E-state index in [1.54, 1.807) is 22.7 Å². The van der Waals surface area contributed by atoms with Crippen molar-refractivity contribution in [1.82, 2.24) is 9.97 Å². The summed E-state index contributed by atoms with van der Waals surface area (Å²) in [4.78, 5) is 11.3. The summed E-state index contributed by atoms with van der Waals surface area (Å²) in [6, 6.07) is 14.3. The van der Waals surface area contributed by atoms with Gasteiger partial charge in [0.1, 0.15) is 5.15 Å². The largest absolute Gasteiger partial charge is 0.227 e. The Kier molecular flexibility index (Phi) is 3.22. The van der Waals surface area contributed by atoms with Gasteiger partial charge in [-0.3, -0.25) is 0 Å². The van der Waals surface area contributed by atoms with Gasteiger partial charge in [-0.25, -0.2) is 9.97 Å². The van der Waals surface area contributed by atoms with Crippen LogP contribution in [0.3, 0.4) is 0 Å². The number of rotatable bonds is 2. The van der Waals surface area contributed by atoms with Crippen LogP contribution in [0.15, 0.2) is 53.2 Å². The summed E-state index contributed by atoms with van der Waals surface area (Å²) < 4.78 is 0. The average molecular weight is 329 g/mol. The van der Waals surface area contributed by atoms with Crippen LogP contribution in [0.2, 0.25) is 5.15 Å². The second kappa shape index (κ2) is 5.22. The molecule has 0 saturated carbocycles. The third kappa shape index (κ3) is 2.35. The van der Waals surface area contributed by atoms with Crippen molar-refractivity contribution in [2.45, 2.75) is 0 Å². The van der Waals surface area contributed by atoms with Crippen LogP contribution in [0.4, 0.5) is 0 Å². The van der Waals surface area contributed by atoms with Crippen molar-refractivity contribution in [3.8, 4) is 21.1 Å². The standard InChI is InChI=1S/C16H9ClN2S2/c17-15-11-9-10(13-3-1-7-20-13)5-6-12(11)18-16(19-15)14-4-2-8-21-14/h1-9H. The number of thiophene rings is 2. The molecule has 102 valence electrons. The van der Waals surface area contributed by atoms with Gasteiger partial charge < -0.3 is 0 Å². The van der Waals surface area contributed by atoms with Crippen LogP contribution < -0.4 is 0 Å². The summed E-state index contributed by atoms with van der Waals surface area (Å²) in [5, 5.41) is 5.47. The lowest BCUT2D eigenvalue weighted by molar-refractivity contribution is 1.24. The maximum atomic E-state index is 6.37. The molecule has 4 rings (SSSR count). The lowest BCUT2D eigenvalue weighted by Gasteiger charge is -2.05. The fourth-order valence-corrected chi connectivity index (χ4v) is 3.82. The fourth-order valence-electron chi connectivity index (χ4n) is 2.20. The van der Waals surface area contributed by atoms with Gasteiger partial charge in [0.05, 0.1) is 10.4 Å². The second-order valence-electron chi connectivity index (χ2n) is 4.52. The minimum Gasteiger partial charge on any atom is -0.227 e. The Hall–Kier alpha value is -1.75. The second-order valence-corrected chi connectivity index (χ2v) is 6.78. The monoisotopic (exact) mass is 328 g/mol. The van der Waals surface area contributed by atoms with Crippen molar-refractivity contribution >= 4 is 45.2 Å². The van der Waals surface area contributed by atoms with Crippen molar-refractivity contribution in [2.24, 2.45) is 0 Å².